The molecule has 2 atom stereocenters. The molecule has 1 N–H and O–H groups in total. The van der Waals surface area contributed by atoms with Crippen LogP contribution in [-0.2, 0) is 22.3 Å². The summed E-state index contributed by atoms with van der Waals surface area (Å²) in [7, 11) is 1.84. The monoisotopic (exact) mass is 662 g/mol. The Hall–Kier alpha value is -2.91. The van der Waals surface area contributed by atoms with Crippen LogP contribution >= 0.6 is 23.5 Å². The fraction of sp³-hybridized carbons (Fsp3) is 0.444. The Labute approximate surface area is 277 Å². The Morgan fingerprint density at radius 1 is 1.00 bits per heavy atom. The van der Waals surface area contributed by atoms with Crippen LogP contribution in [0.4, 0.5) is 13.2 Å². The molecule has 1 aliphatic carbocycles. The van der Waals surface area contributed by atoms with Gasteiger partial charge in [0.1, 0.15) is 0 Å². The van der Waals surface area contributed by atoms with Crippen LogP contribution in [0.25, 0.3) is 0 Å². The number of thioether (sulfide) groups is 2. The lowest BCUT2D eigenvalue weighted by atomic mass is 9.93. The predicted octanol–water partition coefficient (Wildman–Crippen LogP) is 9.60. The van der Waals surface area contributed by atoms with Gasteiger partial charge in [-0.2, -0.15) is 13.2 Å². The summed E-state index contributed by atoms with van der Waals surface area (Å²) in [5.74, 6) is 0.485. The minimum atomic E-state index is -4.22. The number of aryl methyl sites for hydroxylation is 2. The zero-order chi connectivity index (χ0) is 33.8. The van der Waals surface area contributed by atoms with Gasteiger partial charge in [-0.25, -0.2) is 0 Å². The SMILES string of the molecule is C/C=C(/CNC(=O)C1CCCC1C(=O)N(C)Cc1ccc(C)cc1)SC/C=C/C=C\SC.CC.Cc1ccccc1C(F)(F)F. The van der Waals surface area contributed by atoms with Gasteiger partial charge in [-0.1, -0.05) is 92.6 Å². The third kappa shape index (κ3) is 14.8. The number of nitrogens with zero attached hydrogens (tertiary/aromatic N) is 1. The van der Waals surface area contributed by atoms with E-state index in [9.17, 15) is 22.8 Å². The lowest BCUT2D eigenvalue weighted by Crippen LogP contribution is -2.40. The van der Waals surface area contributed by atoms with Gasteiger partial charge in [0.25, 0.3) is 0 Å². The summed E-state index contributed by atoms with van der Waals surface area (Å²) in [6.07, 6.45) is 8.52. The summed E-state index contributed by atoms with van der Waals surface area (Å²) in [5, 5.41) is 5.11. The van der Waals surface area contributed by atoms with Crippen LogP contribution in [0, 0.1) is 25.7 Å². The van der Waals surface area contributed by atoms with Crippen molar-refractivity contribution in [3.8, 4) is 0 Å². The van der Waals surface area contributed by atoms with Crippen molar-refractivity contribution < 1.29 is 22.8 Å². The second-order valence-electron chi connectivity index (χ2n) is 10.4. The fourth-order valence-electron chi connectivity index (χ4n) is 4.74. The number of hydrogen-bond donors (Lipinski definition) is 1. The smallest absolute Gasteiger partial charge is 0.351 e. The molecule has 9 heteroatoms. The topological polar surface area (TPSA) is 49.4 Å². The van der Waals surface area contributed by atoms with E-state index < -0.39 is 11.7 Å². The third-order valence-corrected chi connectivity index (χ3v) is 8.66. The Bertz CT molecular complexity index is 1260. The van der Waals surface area contributed by atoms with Crippen LogP contribution in [0.2, 0.25) is 0 Å². The molecule has 0 heterocycles. The van der Waals surface area contributed by atoms with E-state index in [-0.39, 0.29) is 29.2 Å². The molecule has 0 radical (unpaired) electrons. The summed E-state index contributed by atoms with van der Waals surface area (Å²) < 4.78 is 36.1. The van der Waals surface area contributed by atoms with Crippen molar-refractivity contribution >= 4 is 35.3 Å². The van der Waals surface area contributed by atoms with E-state index in [4.69, 9.17) is 0 Å². The summed E-state index contributed by atoms with van der Waals surface area (Å²) in [4.78, 5) is 28.9. The van der Waals surface area contributed by atoms with Crippen molar-refractivity contribution in [3.05, 3.63) is 105 Å². The maximum Gasteiger partial charge on any atom is 0.416 e. The van der Waals surface area contributed by atoms with Crippen molar-refractivity contribution in [2.45, 2.75) is 66.6 Å². The van der Waals surface area contributed by atoms with Gasteiger partial charge in [-0.15, -0.1) is 23.5 Å². The summed E-state index contributed by atoms with van der Waals surface area (Å²) in [6, 6.07) is 13.7. The number of alkyl halides is 3. The normalized spacial score (nSPS) is 16.5. The molecule has 2 unspecified atom stereocenters. The van der Waals surface area contributed by atoms with Gasteiger partial charge in [-0.3, -0.25) is 9.59 Å². The standard InChI is InChI=1S/C26H36N2O2S2.C8H7F3.C2H6/c1-5-22(32-17-8-6-7-16-31-4)18-27-25(29)23-10-9-11-24(23)26(30)28(3)19-21-14-12-20(2)13-15-21;1-6-4-2-3-5-7(6)8(9,10)11;1-2/h5-8,12-16,23-24H,9-11,17-19H2,1-4H3,(H,27,29);2-5H,1H3;1-2H3/b8-6+,16-7-,22-5-;;. The van der Waals surface area contributed by atoms with Gasteiger partial charge in [0, 0.05) is 42.6 Å². The van der Waals surface area contributed by atoms with Crippen LogP contribution < -0.4 is 5.32 Å². The molecule has 3 rings (SSSR count). The van der Waals surface area contributed by atoms with Gasteiger partial charge in [0.05, 0.1) is 5.56 Å². The molecule has 1 aliphatic rings. The molecule has 1 fully saturated rings. The number of halogens is 3. The zero-order valence-corrected chi connectivity index (χ0v) is 29.2. The summed E-state index contributed by atoms with van der Waals surface area (Å²) in [5.41, 5.74) is 2.02. The number of amides is 2. The minimum absolute atomic E-state index is 0.00276. The molecule has 0 spiro atoms. The molecule has 0 bridgehead atoms. The maximum atomic E-state index is 13.1. The Morgan fingerprint density at radius 3 is 2.22 bits per heavy atom. The van der Waals surface area contributed by atoms with Gasteiger partial charge in [0.2, 0.25) is 11.8 Å². The molecule has 2 aromatic carbocycles. The first kappa shape index (κ1) is 40.1. The first-order valence-corrected chi connectivity index (χ1v) is 17.6. The maximum absolute atomic E-state index is 13.1. The number of nitrogens with one attached hydrogen (secondary N) is 1. The Balaban J connectivity index is 0.000000649. The zero-order valence-electron chi connectivity index (χ0n) is 27.6. The van der Waals surface area contributed by atoms with E-state index in [1.54, 1.807) is 34.5 Å². The highest BCUT2D eigenvalue weighted by Crippen LogP contribution is 2.34. The van der Waals surface area contributed by atoms with Gasteiger partial charge >= 0.3 is 6.18 Å². The van der Waals surface area contributed by atoms with Gasteiger partial charge in [0.15, 0.2) is 0 Å². The number of carbonyl (C=O) groups excluding carboxylic acids is 2. The minimum Gasteiger partial charge on any atom is -0.351 e. The molecular formula is C36H49F3N2O2S2. The summed E-state index contributed by atoms with van der Waals surface area (Å²) >= 11 is 3.40. The van der Waals surface area contributed by atoms with Crippen LogP contribution in [0.3, 0.4) is 0 Å². The molecule has 1 saturated carbocycles. The van der Waals surface area contributed by atoms with Crippen LogP contribution in [0.1, 0.15) is 62.3 Å². The molecule has 2 amide bonds. The van der Waals surface area contributed by atoms with Crippen molar-refractivity contribution in [1.82, 2.24) is 10.2 Å². The molecule has 0 aliphatic heterocycles. The molecule has 0 saturated heterocycles. The third-order valence-electron chi connectivity index (χ3n) is 7.12. The second-order valence-corrected chi connectivity index (χ2v) is 12.3. The first-order valence-electron chi connectivity index (χ1n) is 15.3. The molecule has 0 aromatic heterocycles. The van der Waals surface area contributed by atoms with Crippen LogP contribution in [0.15, 0.2) is 83.1 Å². The number of carbonyl (C=O) groups is 2. The highest BCUT2D eigenvalue weighted by molar-refractivity contribution is 8.03. The fourth-order valence-corrected chi connectivity index (χ4v) is 5.75. The lowest BCUT2D eigenvalue weighted by molar-refractivity contribution is -0.140. The largest absolute Gasteiger partial charge is 0.416 e. The second kappa shape index (κ2) is 21.8. The quantitative estimate of drug-likeness (QED) is 0.244. The predicted molar refractivity (Wildman–Crippen MR) is 187 cm³/mol. The summed E-state index contributed by atoms with van der Waals surface area (Å²) in [6.45, 7) is 10.6. The van der Waals surface area contributed by atoms with Crippen LogP contribution in [0.5, 0.6) is 0 Å². The van der Waals surface area contributed by atoms with Crippen molar-refractivity contribution in [2.24, 2.45) is 11.8 Å². The highest BCUT2D eigenvalue weighted by Gasteiger charge is 2.39. The Morgan fingerprint density at radius 2 is 1.64 bits per heavy atom. The van der Waals surface area contributed by atoms with E-state index in [1.807, 2.05) is 57.7 Å². The van der Waals surface area contributed by atoms with E-state index in [0.29, 0.717) is 13.1 Å². The molecule has 4 nitrogen and oxygen atoms in total. The molecule has 2 aromatic rings. The Kier molecular flexibility index (Phi) is 19.4. The number of benzene rings is 2. The first-order chi connectivity index (χ1) is 21.5. The van der Waals surface area contributed by atoms with Crippen molar-refractivity contribution in [2.75, 3.05) is 25.6 Å². The van der Waals surface area contributed by atoms with Crippen molar-refractivity contribution in [1.29, 1.82) is 0 Å². The van der Waals surface area contributed by atoms with E-state index in [1.165, 1.54) is 24.6 Å². The molecular weight excluding hydrogens is 614 g/mol. The number of rotatable bonds is 11. The van der Waals surface area contributed by atoms with E-state index >= 15 is 0 Å². The van der Waals surface area contributed by atoms with Crippen LogP contribution in [-0.4, -0.2) is 42.3 Å². The number of allylic oxidation sites excluding steroid dienone is 3. The van der Waals surface area contributed by atoms with Crippen molar-refractivity contribution in [3.63, 3.8) is 0 Å². The van der Waals surface area contributed by atoms with E-state index in [0.717, 1.165) is 41.6 Å². The van der Waals surface area contributed by atoms with Gasteiger partial charge in [-0.05, 0) is 62.5 Å². The number of hydrogen-bond acceptors (Lipinski definition) is 4. The average Bonchev–Trinajstić information content (AvgIpc) is 3.52. The molecule has 45 heavy (non-hydrogen) atoms. The van der Waals surface area contributed by atoms with Gasteiger partial charge < -0.3 is 10.2 Å². The lowest BCUT2D eigenvalue weighted by Gasteiger charge is -2.25. The highest BCUT2D eigenvalue weighted by atomic mass is 32.2. The molecule has 248 valence electrons. The average molecular weight is 663 g/mol. The van der Waals surface area contributed by atoms with E-state index in [2.05, 4.69) is 42.6 Å².